The van der Waals surface area contributed by atoms with Crippen molar-refractivity contribution in [1.82, 2.24) is 9.97 Å². The molecule has 0 aliphatic heterocycles. The molecule has 2 heterocycles. The fourth-order valence-corrected chi connectivity index (χ4v) is 4.77. The number of hydrogen-bond acceptors (Lipinski definition) is 2. The molecule has 0 saturated heterocycles. The SMILES string of the molecule is Cc1[c-]c2c3ncccc3c3cccc4ccc(c1)c2c43.Cc1ccnc(-c2[c-]cccc2)c1.[Ir]. The Morgan fingerprint density at radius 1 is 0.686 bits per heavy atom. The van der Waals surface area contributed by atoms with Crippen LogP contribution < -0.4 is 0 Å². The van der Waals surface area contributed by atoms with E-state index >= 15 is 0 Å². The maximum Gasteiger partial charge on any atom is 0.0163 e. The van der Waals surface area contributed by atoms with Crippen LogP contribution in [0.5, 0.6) is 0 Å². The minimum absolute atomic E-state index is 0. The third kappa shape index (κ3) is 4.18. The van der Waals surface area contributed by atoms with E-state index in [1.807, 2.05) is 48.8 Å². The molecule has 0 atom stereocenters. The predicted octanol–water partition coefficient (Wildman–Crippen LogP) is 8.10. The summed E-state index contributed by atoms with van der Waals surface area (Å²) in [5.74, 6) is 0. The van der Waals surface area contributed by atoms with Gasteiger partial charge < -0.3 is 9.97 Å². The molecule has 7 rings (SSSR count). The summed E-state index contributed by atoms with van der Waals surface area (Å²) in [4.78, 5) is 8.92. The van der Waals surface area contributed by atoms with Gasteiger partial charge in [0.1, 0.15) is 0 Å². The monoisotopic (exact) mass is 627 g/mol. The van der Waals surface area contributed by atoms with E-state index in [1.54, 1.807) is 0 Å². The molecule has 0 amide bonds. The number of aryl methyl sites for hydroxylation is 2. The third-order valence-corrected chi connectivity index (χ3v) is 6.26. The summed E-state index contributed by atoms with van der Waals surface area (Å²) in [6.45, 7) is 4.16. The Bertz CT molecular complexity index is 1770. The van der Waals surface area contributed by atoms with E-state index in [-0.39, 0.29) is 20.1 Å². The van der Waals surface area contributed by atoms with Gasteiger partial charge >= 0.3 is 0 Å². The molecule has 7 aromatic rings. The van der Waals surface area contributed by atoms with Crippen LogP contribution in [0.2, 0.25) is 0 Å². The number of nitrogens with zero attached hydrogens (tertiary/aromatic N) is 2. The van der Waals surface area contributed by atoms with Gasteiger partial charge in [-0.25, -0.2) is 0 Å². The smallest absolute Gasteiger partial charge is 0.0163 e. The second-order valence-electron chi connectivity index (χ2n) is 8.66. The fraction of sp³-hybridized carbons (Fsp3) is 0.0625. The molecule has 0 saturated carbocycles. The molecule has 0 spiro atoms. The number of rotatable bonds is 1. The molecule has 0 aliphatic carbocycles. The summed E-state index contributed by atoms with van der Waals surface area (Å²) in [7, 11) is 0. The second kappa shape index (κ2) is 9.54. The molecule has 0 unspecified atom stereocenters. The van der Waals surface area contributed by atoms with Crippen LogP contribution in [0.25, 0.3) is 54.5 Å². The van der Waals surface area contributed by atoms with Gasteiger partial charge in [0.05, 0.1) is 0 Å². The molecule has 5 aromatic carbocycles. The van der Waals surface area contributed by atoms with Gasteiger partial charge in [0.25, 0.3) is 0 Å². The molecule has 0 fully saturated rings. The van der Waals surface area contributed by atoms with Crippen molar-refractivity contribution in [2.45, 2.75) is 13.8 Å². The number of benzene rings is 5. The van der Waals surface area contributed by atoms with Crippen molar-refractivity contribution in [3.8, 4) is 11.3 Å². The summed E-state index contributed by atoms with van der Waals surface area (Å²) in [5.41, 5.74) is 5.47. The summed E-state index contributed by atoms with van der Waals surface area (Å²) in [6.07, 6.45) is 3.69. The molecule has 0 bridgehead atoms. The van der Waals surface area contributed by atoms with Crippen LogP contribution in [-0.2, 0) is 20.1 Å². The van der Waals surface area contributed by atoms with Gasteiger partial charge in [-0.1, -0.05) is 60.3 Å². The van der Waals surface area contributed by atoms with Crippen molar-refractivity contribution in [1.29, 1.82) is 0 Å². The van der Waals surface area contributed by atoms with E-state index in [9.17, 15) is 0 Å². The van der Waals surface area contributed by atoms with Crippen LogP contribution in [0.3, 0.4) is 0 Å². The number of pyridine rings is 2. The molecular formula is C32H22IrN2-2. The van der Waals surface area contributed by atoms with Gasteiger partial charge in [0, 0.05) is 32.5 Å². The van der Waals surface area contributed by atoms with Crippen molar-refractivity contribution in [2.75, 3.05) is 0 Å². The summed E-state index contributed by atoms with van der Waals surface area (Å²) in [6, 6.07) is 35.9. The van der Waals surface area contributed by atoms with E-state index in [0.29, 0.717) is 0 Å². The van der Waals surface area contributed by atoms with Crippen LogP contribution in [0.1, 0.15) is 11.1 Å². The predicted molar refractivity (Wildman–Crippen MR) is 142 cm³/mol. The molecule has 2 aromatic heterocycles. The third-order valence-electron chi connectivity index (χ3n) is 6.26. The maximum absolute atomic E-state index is 4.64. The van der Waals surface area contributed by atoms with Gasteiger partial charge in [-0.05, 0) is 51.8 Å². The Morgan fingerprint density at radius 3 is 2.37 bits per heavy atom. The zero-order chi connectivity index (χ0) is 23.1. The number of fused-ring (bicyclic) bond motifs is 3. The topological polar surface area (TPSA) is 25.8 Å². The quantitative estimate of drug-likeness (QED) is 0.105. The first-order chi connectivity index (χ1) is 16.7. The maximum atomic E-state index is 4.64. The molecular weight excluding hydrogens is 605 g/mol. The standard InChI is InChI=1S/C20H12N.C12H10N.Ir/c1-12-10-14-8-7-13-4-2-5-15-16-6-3-9-21-20(16)17(11-12)19(14)18(13)15;1-10-7-8-13-12(9-10)11-5-3-2-4-6-11;/h2-10H,1H3;2-5,7-9H,1H3;/q2*-1;. The fourth-order valence-electron chi connectivity index (χ4n) is 4.77. The van der Waals surface area contributed by atoms with E-state index in [0.717, 1.165) is 27.7 Å². The van der Waals surface area contributed by atoms with E-state index in [2.05, 4.69) is 84.5 Å². The van der Waals surface area contributed by atoms with Crippen molar-refractivity contribution in [2.24, 2.45) is 0 Å². The molecule has 171 valence electrons. The first-order valence-electron chi connectivity index (χ1n) is 11.4. The number of aromatic nitrogens is 2. The average molecular weight is 627 g/mol. The minimum atomic E-state index is 0. The zero-order valence-corrected chi connectivity index (χ0v) is 21.9. The van der Waals surface area contributed by atoms with Gasteiger partial charge in [-0.2, -0.15) is 0 Å². The van der Waals surface area contributed by atoms with Gasteiger partial charge in [-0.3, -0.25) is 0 Å². The zero-order valence-electron chi connectivity index (χ0n) is 19.5. The largest absolute Gasteiger partial charge is 0.305 e. The molecule has 1 radical (unpaired) electrons. The normalized spacial score (nSPS) is 10.9. The Hall–Kier alpha value is -3.65. The first kappa shape index (κ1) is 23.1. The average Bonchev–Trinajstić information content (AvgIpc) is 2.88. The summed E-state index contributed by atoms with van der Waals surface area (Å²) < 4.78 is 0. The molecule has 35 heavy (non-hydrogen) atoms. The van der Waals surface area contributed by atoms with Crippen LogP contribution in [0.4, 0.5) is 0 Å². The van der Waals surface area contributed by atoms with Crippen molar-refractivity contribution in [3.05, 3.63) is 121 Å². The van der Waals surface area contributed by atoms with Gasteiger partial charge in [0.2, 0.25) is 0 Å². The molecule has 2 nitrogen and oxygen atoms in total. The Labute approximate surface area is 218 Å². The Balaban J connectivity index is 0.000000157. The van der Waals surface area contributed by atoms with Gasteiger partial charge in [-0.15, -0.1) is 64.4 Å². The van der Waals surface area contributed by atoms with Crippen LogP contribution in [0.15, 0.2) is 97.3 Å². The second-order valence-corrected chi connectivity index (χ2v) is 8.66. The minimum Gasteiger partial charge on any atom is -0.305 e. The summed E-state index contributed by atoms with van der Waals surface area (Å²) >= 11 is 0. The van der Waals surface area contributed by atoms with Crippen LogP contribution >= 0.6 is 0 Å². The molecule has 0 N–H and O–H groups in total. The number of hydrogen-bond donors (Lipinski definition) is 0. The van der Waals surface area contributed by atoms with E-state index < -0.39 is 0 Å². The van der Waals surface area contributed by atoms with E-state index in [1.165, 1.54) is 37.9 Å². The van der Waals surface area contributed by atoms with Crippen LogP contribution in [-0.4, -0.2) is 9.97 Å². The molecule has 3 heteroatoms. The van der Waals surface area contributed by atoms with Crippen molar-refractivity contribution < 1.29 is 20.1 Å². The van der Waals surface area contributed by atoms with Crippen molar-refractivity contribution >= 4 is 43.2 Å². The van der Waals surface area contributed by atoms with Crippen LogP contribution in [0, 0.1) is 26.0 Å². The van der Waals surface area contributed by atoms with Crippen molar-refractivity contribution in [3.63, 3.8) is 0 Å². The first-order valence-corrected chi connectivity index (χ1v) is 11.4. The summed E-state index contributed by atoms with van der Waals surface area (Å²) in [5, 5.41) is 8.83. The molecule has 0 aliphatic rings. The van der Waals surface area contributed by atoms with Gasteiger partial charge in [0.15, 0.2) is 0 Å². The van der Waals surface area contributed by atoms with E-state index in [4.69, 9.17) is 0 Å². The Morgan fingerprint density at radius 2 is 1.54 bits per heavy atom. The Kier molecular flexibility index (Phi) is 6.30.